The number of benzene rings is 1. The van der Waals surface area contributed by atoms with Crippen LogP contribution in [-0.4, -0.2) is 59.7 Å². The average Bonchev–Trinajstić information content (AvgIpc) is 3.06. The largest absolute Gasteiger partial charge is 0.391 e. The van der Waals surface area contributed by atoms with E-state index in [1.165, 1.54) is 37.1 Å². The Morgan fingerprint density at radius 3 is 2.63 bits per heavy atom. The molecule has 0 aliphatic carbocycles. The Hall–Kier alpha value is -0.860. The summed E-state index contributed by atoms with van der Waals surface area (Å²) >= 11 is 0. The van der Waals surface area contributed by atoms with Gasteiger partial charge >= 0.3 is 0 Å². The van der Waals surface area contributed by atoms with E-state index in [1.807, 2.05) is 0 Å². The maximum absolute atomic E-state index is 9.82. The molecule has 2 saturated heterocycles. The van der Waals surface area contributed by atoms with Gasteiger partial charge in [-0.2, -0.15) is 0 Å². The van der Waals surface area contributed by atoms with Crippen molar-refractivity contribution in [2.75, 3.05) is 32.7 Å². The van der Waals surface area contributed by atoms with Crippen molar-refractivity contribution in [3.8, 4) is 0 Å². The van der Waals surface area contributed by atoms with Gasteiger partial charge in [0.2, 0.25) is 0 Å². The van der Waals surface area contributed by atoms with Gasteiger partial charge in [0, 0.05) is 32.7 Å². The van der Waals surface area contributed by atoms with Crippen LogP contribution in [0.2, 0.25) is 0 Å². The number of rotatable bonds is 5. The minimum atomic E-state index is -0.229. The lowest BCUT2D eigenvalue weighted by Crippen LogP contribution is -2.40. The van der Waals surface area contributed by atoms with Crippen LogP contribution < -0.4 is 5.32 Å². The molecule has 2 N–H and O–H groups in total. The summed E-state index contributed by atoms with van der Waals surface area (Å²) in [7, 11) is 0. The first-order chi connectivity index (χ1) is 12.7. The van der Waals surface area contributed by atoms with Crippen molar-refractivity contribution in [3.63, 3.8) is 0 Å². The van der Waals surface area contributed by atoms with Crippen LogP contribution in [0.5, 0.6) is 0 Å². The average molecular weight is 486 g/mol. The molecule has 0 bridgehead atoms. The summed E-state index contributed by atoms with van der Waals surface area (Å²) in [5, 5.41) is 13.2. The molecular weight excluding hydrogens is 451 g/mol. The number of aliphatic imine (C=N–C) groups is 1. The third-order valence-electron chi connectivity index (χ3n) is 5.45. The van der Waals surface area contributed by atoms with E-state index in [1.54, 1.807) is 0 Å². The van der Waals surface area contributed by atoms with E-state index in [0.717, 1.165) is 37.9 Å². The second-order valence-electron chi connectivity index (χ2n) is 7.81. The van der Waals surface area contributed by atoms with Crippen molar-refractivity contribution in [3.05, 3.63) is 35.4 Å². The van der Waals surface area contributed by atoms with Gasteiger partial charge in [0.25, 0.3) is 0 Å². The number of β-amino-alcohol motifs (C(OH)–C–C–N with tert-alkyl or cyclic N) is 1. The number of hydrogen-bond acceptors (Lipinski definition) is 3. The summed E-state index contributed by atoms with van der Waals surface area (Å²) in [5.74, 6) is 1.72. The third-order valence-corrected chi connectivity index (χ3v) is 5.45. The molecule has 0 aromatic heterocycles. The van der Waals surface area contributed by atoms with Gasteiger partial charge in [-0.1, -0.05) is 31.2 Å². The Kier molecular flexibility index (Phi) is 9.32. The zero-order chi connectivity index (χ0) is 18.4. The Balaban J connectivity index is 0.00000261. The van der Waals surface area contributed by atoms with Crippen molar-refractivity contribution >= 4 is 29.9 Å². The van der Waals surface area contributed by atoms with Gasteiger partial charge < -0.3 is 15.3 Å². The monoisotopic (exact) mass is 486 g/mol. The number of nitrogens with zero attached hydrogens (tertiary/aromatic N) is 3. The molecule has 1 aromatic carbocycles. The zero-order valence-corrected chi connectivity index (χ0v) is 19.1. The van der Waals surface area contributed by atoms with Gasteiger partial charge in [0.15, 0.2) is 5.96 Å². The highest BCUT2D eigenvalue weighted by Gasteiger charge is 2.23. The molecule has 2 aliphatic heterocycles. The summed E-state index contributed by atoms with van der Waals surface area (Å²) < 4.78 is 0. The molecule has 5 nitrogen and oxygen atoms in total. The summed E-state index contributed by atoms with van der Waals surface area (Å²) in [6, 6.07) is 8.70. The lowest BCUT2D eigenvalue weighted by molar-refractivity contribution is 0.176. The molecule has 1 unspecified atom stereocenters. The van der Waals surface area contributed by atoms with E-state index in [2.05, 4.69) is 53.2 Å². The molecule has 2 fully saturated rings. The van der Waals surface area contributed by atoms with Crippen LogP contribution in [0, 0.1) is 5.92 Å². The maximum atomic E-state index is 9.82. The molecule has 0 saturated carbocycles. The zero-order valence-electron chi connectivity index (χ0n) is 16.7. The fraction of sp³-hybridized carbons (Fsp3) is 0.667. The minimum Gasteiger partial charge on any atom is -0.391 e. The van der Waals surface area contributed by atoms with E-state index >= 15 is 0 Å². The highest BCUT2D eigenvalue weighted by atomic mass is 127. The molecule has 2 atom stereocenters. The van der Waals surface area contributed by atoms with Crippen LogP contribution in [-0.2, 0) is 13.1 Å². The lowest BCUT2D eigenvalue weighted by atomic mass is 9.99. The second kappa shape index (κ2) is 11.2. The number of guanidine groups is 1. The number of likely N-dealkylation sites (tertiary alicyclic amines) is 2. The normalized spacial score (nSPS) is 24.0. The quantitative estimate of drug-likeness (QED) is 0.382. The number of aliphatic hydroxyl groups excluding tert-OH is 1. The van der Waals surface area contributed by atoms with Crippen molar-refractivity contribution in [2.45, 2.75) is 52.3 Å². The summed E-state index contributed by atoms with van der Waals surface area (Å²) in [4.78, 5) is 9.62. The molecule has 2 aliphatic rings. The van der Waals surface area contributed by atoms with Gasteiger partial charge in [-0.15, -0.1) is 24.0 Å². The Bertz CT molecular complexity index is 610. The highest BCUT2D eigenvalue weighted by molar-refractivity contribution is 14.0. The molecule has 6 heteroatoms. The Labute approximate surface area is 181 Å². The first kappa shape index (κ1) is 22.4. The van der Waals surface area contributed by atoms with Gasteiger partial charge in [-0.3, -0.25) is 4.90 Å². The lowest BCUT2D eigenvalue weighted by Gasteiger charge is -2.31. The van der Waals surface area contributed by atoms with Gasteiger partial charge in [-0.05, 0) is 49.8 Å². The topological polar surface area (TPSA) is 51.1 Å². The number of halogens is 1. The summed E-state index contributed by atoms with van der Waals surface area (Å²) in [6.45, 7) is 11.0. The smallest absolute Gasteiger partial charge is 0.194 e. The molecule has 27 heavy (non-hydrogen) atoms. The predicted molar refractivity (Wildman–Crippen MR) is 123 cm³/mol. The highest BCUT2D eigenvalue weighted by Crippen LogP contribution is 2.20. The van der Waals surface area contributed by atoms with Crippen molar-refractivity contribution in [1.82, 2.24) is 15.1 Å². The Morgan fingerprint density at radius 1 is 1.19 bits per heavy atom. The molecule has 1 aromatic rings. The number of hydrogen-bond donors (Lipinski definition) is 2. The maximum Gasteiger partial charge on any atom is 0.194 e. The van der Waals surface area contributed by atoms with E-state index in [-0.39, 0.29) is 30.1 Å². The van der Waals surface area contributed by atoms with Crippen LogP contribution >= 0.6 is 24.0 Å². The molecule has 0 spiro atoms. The summed E-state index contributed by atoms with van der Waals surface area (Å²) in [5.41, 5.74) is 2.70. The first-order valence-electron chi connectivity index (χ1n) is 10.2. The second-order valence-corrected chi connectivity index (χ2v) is 7.81. The number of aliphatic hydroxyl groups is 1. The fourth-order valence-corrected chi connectivity index (χ4v) is 4.06. The minimum absolute atomic E-state index is 0. The Morgan fingerprint density at radius 2 is 1.96 bits per heavy atom. The van der Waals surface area contributed by atoms with Crippen molar-refractivity contribution in [1.29, 1.82) is 0 Å². The van der Waals surface area contributed by atoms with Crippen molar-refractivity contribution < 1.29 is 5.11 Å². The molecule has 2 heterocycles. The van der Waals surface area contributed by atoms with E-state index < -0.39 is 0 Å². The predicted octanol–water partition coefficient (Wildman–Crippen LogP) is 3.07. The van der Waals surface area contributed by atoms with Crippen LogP contribution in [0.25, 0.3) is 0 Å². The first-order valence-corrected chi connectivity index (χ1v) is 10.2. The van der Waals surface area contributed by atoms with E-state index in [4.69, 9.17) is 4.99 Å². The summed E-state index contributed by atoms with van der Waals surface area (Å²) in [6.07, 6.45) is 3.26. The molecule has 152 valence electrons. The standard InChI is InChI=1S/C21H34N4O.HI/c1-3-22-21(25-12-10-20(26)16-25)23-13-18-8-4-5-9-19(18)15-24-11-6-7-17(2)14-24;/h4-5,8-9,17,20,26H,3,6-7,10-16H2,1-2H3,(H,22,23);1H/t17?,20-;/m1./s1. The van der Waals surface area contributed by atoms with E-state index in [9.17, 15) is 5.11 Å². The van der Waals surface area contributed by atoms with Gasteiger partial charge in [0.1, 0.15) is 0 Å². The van der Waals surface area contributed by atoms with E-state index in [0.29, 0.717) is 13.1 Å². The van der Waals surface area contributed by atoms with Crippen LogP contribution in [0.1, 0.15) is 44.2 Å². The SMILES string of the molecule is CCNC(=NCc1ccccc1CN1CCCC(C)C1)N1CC[C@@H](O)C1.I. The third kappa shape index (κ3) is 6.61. The number of nitrogens with one attached hydrogen (secondary N) is 1. The van der Waals surface area contributed by atoms with Crippen LogP contribution in [0.3, 0.4) is 0 Å². The number of piperidine rings is 1. The van der Waals surface area contributed by atoms with Gasteiger partial charge in [0.05, 0.1) is 12.6 Å². The molecule has 0 amide bonds. The molecule has 0 radical (unpaired) electrons. The van der Waals surface area contributed by atoms with Crippen LogP contribution in [0.15, 0.2) is 29.3 Å². The molecule has 3 rings (SSSR count). The molecular formula is C21H35IN4O. The fourth-order valence-electron chi connectivity index (χ4n) is 4.06. The van der Waals surface area contributed by atoms with Gasteiger partial charge in [-0.25, -0.2) is 4.99 Å². The van der Waals surface area contributed by atoms with Crippen molar-refractivity contribution in [2.24, 2.45) is 10.9 Å². The van der Waals surface area contributed by atoms with Crippen LogP contribution in [0.4, 0.5) is 0 Å².